The van der Waals surface area contributed by atoms with Crippen LogP contribution in [0.3, 0.4) is 0 Å². The van der Waals surface area contributed by atoms with E-state index in [1.54, 1.807) is 23.1 Å². The number of aryl methyl sites for hydroxylation is 4. The van der Waals surface area contributed by atoms with Crippen molar-refractivity contribution in [2.24, 2.45) is 7.05 Å². The molecule has 0 bridgehead atoms. The second-order valence-corrected chi connectivity index (χ2v) is 6.30. The van der Waals surface area contributed by atoms with E-state index < -0.39 is 0 Å². The highest BCUT2D eigenvalue weighted by atomic mass is 32.1. The van der Waals surface area contributed by atoms with E-state index in [4.69, 9.17) is 5.73 Å². The monoisotopic (exact) mass is 307 g/mol. The van der Waals surface area contributed by atoms with E-state index in [9.17, 15) is 4.79 Å². The molecule has 0 radical (unpaired) electrons. The van der Waals surface area contributed by atoms with Gasteiger partial charge in [-0.05, 0) is 27.2 Å². The van der Waals surface area contributed by atoms with E-state index >= 15 is 0 Å². The molecule has 2 aromatic rings. The molecule has 21 heavy (non-hydrogen) atoms. The van der Waals surface area contributed by atoms with Crippen molar-refractivity contribution in [2.75, 3.05) is 5.73 Å². The van der Waals surface area contributed by atoms with Crippen LogP contribution in [0, 0.1) is 13.8 Å². The molecule has 2 aromatic heterocycles. The van der Waals surface area contributed by atoms with E-state index in [0.29, 0.717) is 17.8 Å². The average molecular weight is 307 g/mol. The number of nitrogens with two attached hydrogens (primary N) is 1. The van der Waals surface area contributed by atoms with Gasteiger partial charge in [-0.25, -0.2) is 4.98 Å². The summed E-state index contributed by atoms with van der Waals surface area (Å²) >= 11 is 1.60. The molecule has 0 aromatic carbocycles. The Balaban J connectivity index is 2.22. The van der Waals surface area contributed by atoms with Crippen LogP contribution in [0.2, 0.25) is 0 Å². The first-order valence-corrected chi connectivity index (χ1v) is 7.72. The summed E-state index contributed by atoms with van der Waals surface area (Å²) in [6, 6.07) is -0.108. The van der Waals surface area contributed by atoms with Crippen molar-refractivity contribution >= 4 is 22.9 Å². The molecule has 114 valence electrons. The number of hydrogen-bond acceptors (Lipinski definition) is 5. The Morgan fingerprint density at radius 1 is 1.48 bits per heavy atom. The maximum atomic E-state index is 12.4. The van der Waals surface area contributed by atoms with Crippen LogP contribution in [0.5, 0.6) is 0 Å². The molecule has 6 nitrogen and oxygen atoms in total. The number of nitrogen functional groups attached to an aromatic ring is 1. The van der Waals surface area contributed by atoms with Gasteiger partial charge in [0.25, 0.3) is 5.91 Å². The zero-order valence-corrected chi connectivity index (χ0v) is 13.8. The van der Waals surface area contributed by atoms with E-state index in [2.05, 4.69) is 15.4 Å². The topological polar surface area (TPSA) is 85.8 Å². The Morgan fingerprint density at radius 3 is 2.62 bits per heavy atom. The summed E-state index contributed by atoms with van der Waals surface area (Å²) in [5.41, 5.74) is 8.59. The SMILES string of the molecule is CCc1nn(C)c(C(=O)NC(C)c2sc(C)nc2C)c1N. The molecule has 0 spiro atoms. The van der Waals surface area contributed by atoms with Crippen LogP contribution >= 0.6 is 11.3 Å². The summed E-state index contributed by atoms with van der Waals surface area (Å²) in [6.07, 6.45) is 0.704. The van der Waals surface area contributed by atoms with Crippen molar-refractivity contribution in [3.8, 4) is 0 Å². The van der Waals surface area contributed by atoms with Crippen LogP contribution in [-0.4, -0.2) is 20.7 Å². The minimum atomic E-state index is -0.208. The van der Waals surface area contributed by atoms with Crippen molar-refractivity contribution in [2.45, 2.75) is 40.2 Å². The standard InChI is InChI=1S/C14H21N5OS/c1-6-10-11(15)12(19(5)18-10)14(20)17-8(3)13-7(2)16-9(4)21-13/h8H,6,15H2,1-5H3,(H,17,20). The summed E-state index contributed by atoms with van der Waals surface area (Å²) < 4.78 is 1.54. The molecule has 0 aliphatic heterocycles. The summed E-state index contributed by atoms with van der Waals surface area (Å²) in [4.78, 5) is 17.9. The number of nitrogens with one attached hydrogen (secondary N) is 1. The fourth-order valence-corrected chi connectivity index (χ4v) is 3.34. The molecule has 0 saturated carbocycles. The van der Waals surface area contributed by atoms with Crippen molar-refractivity contribution in [3.63, 3.8) is 0 Å². The number of nitrogens with zero attached hydrogens (tertiary/aromatic N) is 3. The minimum absolute atomic E-state index is 0.108. The average Bonchev–Trinajstić information content (AvgIpc) is 2.88. The first-order chi connectivity index (χ1) is 9.85. The number of amides is 1. The highest BCUT2D eigenvalue weighted by Crippen LogP contribution is 2.25. The molecule has 3 N–H and O–H groups in total. The third-order valence-corrected chi connectivity index (χ3v) is 4.65. The molecule has 7 heteroatoms. The van der Waals surface area contributed by atoms with E-state index in [0.717, 1.165) is 21.3 Å². The van der Waals surface area contributed by atoms with Gasteiger partial charge in [0.1, 0.15) is 5.69 Å². The third kappa shape index (κ3) is 2.92. The number of anilines is 1. The van der Waals surface area contributed by atoms with E-state index in [1.807, 2.05) is 27.7 Å². The fraction of sp³-hybridized carbons (Fsp3) is 0.500. The molecular weight excluding hydrogens is 286 g/mol. The molecule has 1 unspecified atom stereocenters. The zero-order chi connectivity index (χ0) is 15.7. The quantitative estimate of drug-likeness (QED) is 0.906. The van der Waals surface area contributed by atoms with Gasteiger partial charge >= 0.3 is 0 Å². The van der Waals surface area contributed by atoms with Gasteiger partial charge in [0.15, 0.2) is 0 Å². The Morgan fingerprint density at radius 2 is 2.14 bits per heavy atom. The van der Waals surface area contributed by atoms with Crippen LogP contribution in [0.4, 0.5) is 5.69 Å². The number of carbonyl (C=O) groups is 1. The van der Waals surface area contributed by atoms with Crippen LogP contribution in [0.15, 0.2) is 0 Å². The number of rotatable bonds is 4. The molecule has 0 fully saturated rings. The molecular formula is C14H21N5OS. The summed E-state index contributed by atoms with van der Waals surface area (Å²) in [5.74, 6) is -0.208. The van der Waals surface area contributed by atoms with Crippen LogP contribution in [0.25, 0.3) is 0 Å². The molecule has 0 aliphatic carbocycles. The maximum absolute atomic E-state index is 12.4. The van der Waals surface area contributed by atoms with Gasteiger partial charge in [0, 0.05) is 11.9 Å². The Kier molecular flexibility index (Phi) is 4.32. The normalized spacial score (nSPS) is 12.4. The van der Waals surface area contributed by atoms with E-state index in [-0.39, 0.29) is 11.9 Å². The third-order valence-electron chi connectivity index (χ3n) is 3.39. The van der Waals surface area contributed by atoms with Gasteiger partial charge in [-0.1, -0.05) is 6.92 Å². The lowest BCUT2D eigenvalue weighted by Gasteiger charge is -2.13. The Hall–Kier alpha value is -1.89. The number of aromatic nitrogens is 3. The van der Waals surface area contributed by atoms with Gasteiger partial charge in [0.2, 0.25) is 0 Å². The number of thiazole rings is 1. The van der Waals surface area contributed by atoms with Crippen LogP contribution < -0.4 is 11.1 Å². The highest BCUT2D eigenvalue weighted by molar-refractivity contribution is 7.11. The first kappa shape index (κ1) is 15.5. The smallest absolute Gasteiger partial charge is 0.272 e. The lowest BCUT2D eigenvalue weighted by Crippen LogP contribution is -2.29. The van der Waals surface area contributed by atoms with Crippen LogP contribution in [0.1, 0.15) is 51.7 Å². The zero-order valence-electron chi connectivity index (χ0n) is 13.0. The summed E-state index contributed by atoms with van der Waals surface area (Å²) in [7, 11) is 1.73. The highest BCUT2D eigenvalue weighted by Gasteiger charge is 2.22. The number of hydrogen-bond donors (Lipinski definition) is 2. The van der Waals surface area contributed by atoms with Gasteiger partial charge in [-0.15, -0.1) is 11.3 Å². The molecule has 1 amide bonds. The van der Waals surface area contributed by atoms with Gasteiger partial charge in [0.05, 0.1) is 28.1 Å². The first-order valence-electron chi connectivity index (χ1n) is 6.91. The fourth-order valence-electron chi connectivity index (χ4n) is 2.41. The Bertz CT molecular complexity index is 673. The summed E-state index contributed by atoms with van der Waals surface area (Å²) in [6.45, 7) is 7.83. The molecule has 2 heterocycles. The Labute approximate surface area is 128 Å². The largest absolute Gasteiger partial charge is 0.395 e. The van der Waals surface area contributed by atoms with Crippen molar-refractivity contribution in [1.82, 2.24) is 20.1 Å². The lowest BCUT2D eigenvalue weighted by atomic mass is 10.2. The maximum Gasteiger partial charge on any atom is 0.272 e. The van der Waals surface area contributed by atoms with Gasteiger partial charge in [-0.2, -0.15) is 5.10 Å². The predicted molar refractivity (Wildman–Crippen MR) is 84.5 cm³/mol. The van der Waals surface area contributed by atoms with Gasteiger partial charge in [-0.3, -0.25) is 9.48 Å². The summed E-state index contributed by atoms with van der Waals surface area (Å²) in [5, 5.41) is 8.25. The molecule has 1 atom stereocenters. The van der Waals surface area contributed by atoms with Crippen LogP contribution in [-0.2, 0) is 13.5 Å². The predicted octanol–water partition coefficient (Wildman–Crippen LogP) is 2.13. The molecule has 2 rings (SSSR count). The number of carbonyl (C=O) groups excluding carboxylic acids is 1. The van der Waals surface area contributed by atoms with Crippen molar-refractivity contribution < 1.29 is 4.79 Å². The van der Waals surface area contributed by atoms with E-state index in [1.165, 1.54) is 0 Å². The van der Waals surface area contributed by atoms with Crippen molar-refractivity contribution in [1.29, 1.82) is 0 Å². The second-order valence-electron chi connectivity index (χ2n) is 5.06. The van der Waals surface area contributed by atoms with Gasteiger partial charge < -0.3 is 11.1 Å². The second kappa shape index (κ2) is 5.85. The molecule has 0 aliphatic rings. The molecule has 0 saturated heterocycles. The van der Waals surface area contributed by atoms with Crippen molar-refractivity contribution in [3.05, 3.63) is 27.0 Å². The minimum Gasteiger partial charge on any atom is -0.395 e. The lowest BCUT2D eigenvalue weighted by molar-refractivity contribution is 0.0932.